The summed E-state index contributed by atoms with van der Waals surface area (Å²) in [6, 6.07) is 7.28. The average Bonchev–Trinajstić information content (AvgIpc) is 2.60. The summed E-state index contributed by atoms with van der Waals surface area (Å²) < 4.78 is 10.3. The van der Waals surface area contributed by atoms with E-state index in [4.69, 9.17) is 9.47 Å². The van der Waals surface area contributed by atoms with Crippen molar-refractivity contribution < 1.29 is 29.0 Å². The highest BCUT2D eigenvalue weighted by Crippen LogP contribution is 2.46. The Hall–Kier alpha value is -1.86. The fourth-order valence-corrected chi connectivity index (χ4v) is 4.11. The molecule has 0 saturated heterocycles. The van der Waals surface area contributed by atoms with Crippen molar-refractivity contribution in [3.63, 3.8) is 0 Å². The van der Waals surface area contributed by atoms with E-state index in [9.17, 15) is 19.5 Å². The van der Waals surface area contributed by atoms with Crippen molar-refractivity contribution in [3.05, 3.63) is 29.8 Å². The Kier molecular flexibility index (Phi) is 7.06. The number of ether oxygens (including phenoxy) is 2. The van der Waals surface area contributed by atoms with Crippen molar-refractivity contribution in [1.29, 1.82) is 0 Å². The van der Waals surface area contributed by atoms with Crippen molar-refractivity contribution >= 4 is 29.5 Å². The molecule has 0 radical (unpaired) electrons. The van der Waals surface area contributed by atoms with Crippen molar-refractivity contribution in [2.75, 3.05) is 19.5 Å². The number of hydrogen-bond acceptors (Lipinski definition) is 7. The number of aliphatic hydroxyl groups is 1. The topological polar surface area (TPSA) is 89.9 Å². The van der Waals surface area contributed by atoms with Crippen LogP contribution in [0.25, 0.3) is 0 Å². The fraction of sp³-hybridized carbons (Fsp3) is 0.550. The van der Waals surface area contributed by atoms with Crippen LogP contribution in [0.1, 0.15) is 38.7 Å². The van der Waals surface area contributed by atoms with Gasteiger partial charge in [-0.1, -0.05) is 12.1 Å². The molecule has 0 heterocycles. The molecule has 1 N–H and O–H groups in total. The molecule has 0 unspecified atom stereocenters. The SMILES string of the molecule is CCOC(=O)[C@H]1C(=O)C[C@](C)(O)[C@@H](C(=O)OCC)[C@H]1c1ccc(SC)cc1. The number of carbonyl (C=O) groups excluding carboxylic acids is 3. The van der Waals surface area contributed by atoms with Crippen molar-refractivity contribution in [2.24, 2.45) is 11.8 Å². The second kappa shape index (κ2) is 8.89. The Bertz CT molecular complexity index is 697. The Morgan fingerprint density at radius 3 is 2.22 bits per heavy atom. The minimum absolute atomic E-state index is 0.126. The van der Waals surface area contributed by atoms with Gasteiger partial charge in [-0.25, -0.2) is 0 Å². The van der Waals surface area contributed by atoms with Gasteiger partial charge < -0.3 is 14.6 Å². The molecule has 1 aliphatic carbocycles. The first-order valence-electron chi connectivity index (χ1n) is 8.99. The van der Waals surface area contributed by atoms with Gasteiger partial charge in [0, 0.05) is 17.2 Å². The van der Waals surface area contributed by atoms with Gasteiger partial charge in [0.2, 0.25) is 0 Å². The van der Waals surface area contributed by atoms with Crippen LogP contribution in [-0.4, -0.2) is 47.9 Å². The van der Waals surface area contributed by atoms with Gasteiger partial charge in [0.15, 0.2) is 5.78 Å². The largest absolute Gasteiger partial charge is 0.466 e. The number of esters is 2. The summed E-state index contributed by atoms with van der Waals surface area (Å²) in [5.74, 6) is -4.79. The molecule has 148 valence electrons. The van der Waals surface area contributed by atoms with Gasteiger partial charge in [-0.05, 0) is 44.7 Å². The highest BCUT2D eigenvalue weighted by atomic mass is 32.2. The third-order valence-electron chi connectivity index (χ3n) is 4.85. The first kappa shape index (κ1) is 21.4. The Labute approximate surface area is 163 Å². The summed E-state index contributed by atoms with van der Waals surface area (Å²) in [5, 5.41) is 10.9. The lowest BCUT2D eigenvalue weighted by atomic mass is 9.62. The molecule has 4 atom stereocenters. The van der Waals surface area contributed by atoms with Gasteiger partial charge in [0.1, 0.15) is 5.92 Å². The molecule has 6 nitrogen and oxygen atoms in total. The van der Waals surface area contributed by atoms with Crippen LogP contribution in [0, 0.1) is 11.8 Å². The van der Waals surface area contributed by atoms with Crippen LogP contribution in [-0.2, 0) is 23.9 Å². The molecule has 0 aliphatic heterocycles. The van der Waals surface area contributed by atoms with Gasteiger partial charge in [-0.3, -0.25) is 14.4 Å². The van der Waals surface area contributed by atoms with Gasteiger partial charge in [-0.2, -0.15) is 0 Å². The number of ketones is 1. The third-order valence-corrected chi connectivity index (χ3v) is 5.59. The number of benzene rings is 1. The highest BCUT2D eigenvalue weighted by molar-refractivity contribution is 7.98. The number of rotatable bonds is 6. The van der Waals surface area contributed by atoms with Crippen LogP contribution in [0.15, 0.2) is 29.2 Å². The van der Waals surface area contributed by atoms with E-state index in [-0.39, 0.29) is 19.6 Å². The molecule has 1 aromatic rings. The van der Waals surface area contributed by atoms with E-state index in [1.165, 1.54) is 6.92 Å². The van der Waals surface area contributed by atoms with E-state index >= 15 is 0 Å². The fourth-order valence-electron chi connectivity index (χ4n) is 3.71. The molecule has 1 aliphatic rings. The lowest BCUT2D eigenvalue weighted by Crippen LogP contribution is -2.55. The molecule has 0 bridgehead atoms. The van der Waals surface area contributed by atoms with E-state index in [2.05, 4.69) is 0 Å². The first-order valence-corrected chi connectivity index (χ1v) is 10.2. The lowest BCUT2D eigenvalue weighted by Gasteiger charge is -2.43. The van der Waals surface area contributed by atoms with Gasteiger partial charge in [0.05, 0.1) is 24.7 Å². The summed E-state index contributed by atoms with van der Waals surface area (Å²) in [7, 11) is 0. The molecule has 1 aromatic carbocycles. The normalized spacial score (nSPS) is 27.9. The number of thioether (sulfide) groups is 1. The quantitative estimate of drug-likeness (QED) is 0.450. The zero-order chi connectivity index (χ0) is 20.2. The van der Waals surface area contributed by atoms with E-state index < -0.39 is 41.1 Å². The second-order valence-corrected chi connectivity index (χ2v) is 7.64. The van der Waals surface area contributed by atoms with Crippen LogP contribution in [0.2, 0.25) is 0 Å². The maximum Gasteiger partial charge on any atom is 0.317 e. The average molecular weight is 394 g/mol. The summed E-state index contributed by atoms with van der Waals surface area (Å²) in [6.07, 6.45) is 1.63. The van der Waals surface area contributed by atoms with Crippen molar-refractivity contribution in [2.45, 2.75) is 43.6 Å². The maximum absolute atomic E-state index is 12.7. The molecule has 0 aromatic heterocycles. The third kappa shape index (κ3) is 4.52. The van der Waals surface area contributed by atoms with Crippen LogP contribution in [0.3, 0.4) is 0 Å². The predicted octanol–water partition coefficient (Wildman–Crippen LogP) is 2.57. The molecule has 1 fully saturated rings. The minimum atomic E-state index is -1.62. The van der Waals surface area contributed by atoms with E-state index in [0.29, 0.717) is 5.56 Å². The van der Waals surface area contributed by atoms with Crippen LogP contribution >= 0.6 is 11.8 Å². The smallest absolute Gasteiger partial charge is 0.317 e. The monoisotopic (exact) mass is 394 g/mol. The van der Waals surface area contributed by atoms with Gasteiger partial charge in [-0.15, -0.1) is 11.8 Å². The van der Waals surface area contributed by atoms with E-state index in [0.717, 1.165) is 4.90 Å². The van der Waals surface area contributed by atoms with Crippen LogP contribution in [0.5, 0.6) is 0 Å². The lowest BCUT2D eigenvalue weighted by molar-refractivity contribution is -0.172. The predicted molar refractivity (Wildman–Crippen MR) is 101 cm³/mol. The molecule has 1 saturated carbocycles. The molecule has 7 heteroatoms. The minimum Gasteiger partial charge on any atom is -0.466 e. The molecule has 2 rings (SSSR count). The first-order chi connectivity index (χ1) is 12.8. The standard InChI is InChI=1S/C20H26O6S/c1-5-25-18(22)16-14(21)11-20(3,24)17(19(23)26-6-2)15(16)12-7-9-13(27-4)10-8-12/h7-10,15-17,24H,5-6,11H2,1-4H3/t15-,16-,17+,20-/m0/s1. The zero-order valence-electron chi connectivity index (χ0n) is 16.1. The summed E-state index contributed by atoms with van der Waals surface area (Å²) in [6.45, 7) is 5.04. The van der Waals surface area contributed by atoms with Crippen molar-refractivity contribution in [1.82, 2.24) is 0 Å². The zero-order valence-corrected chi connectivity index (χ0v) is 16.9. The van der Waals surface area contributed by atoms with Crippen molar-refractivity contribution in [3.8, 4) is 0 Å². The summed E-state index contributed by atoms with van der Waals surface area (Å²) >= 11 is 1.56. The molecule has 0 amide bonds. The Morgan fingerprint density at radius 1 is 1.15 bits per heavy atom. The summed E-state index contributed by atoms with van der Waals surface area (Å²) in [4.78, 5) is 39.0. The number of Topliss-reactive ketones (excluding diaryl/α,β-unsaturated/α-hetero) is 1. The molecule has 0 spiro atoms. The Balaban J connectivity index is 2.59. The number of hydrogen-bond donors (Lipinski definition) is 1. The van der Waals surface area contributed by atoms with E-state index in [1.54, 1.807) is 37.7 Å². The van der Waals surface area contributed by atoms with Gasteiger partial charge in [0.25, 0.3) is 0 Å². The van der Waals surface area contributed by atoms with Crippen LogP contribution < -0.4 is 0 Å². The maximum atomic E-state index is 12.7. The highest BCUT2D eigenvalue weighted by Gasteiger charge is 2.57. The molecular weight excluding hydrogens is 368 g/mol. The molecular formula is C20H26O6S. The molecule has 27 heavy (non-hydrogen) atoms. The second-order valence-electron chi connectivity index (χ2n) is 6.76. The number of carbonyl (C=O) groups is 3. The Morgan fingerprint density at radius 2 is 1.70 bits per heavy atom. The van der Waals surface area contributed by atoms with Gasteiger partial charge >= 0.3 is 11.9 Å². The summed E-state index contributed by atoms with van der Waals surface area (Å²) in [5.41, 5.74) is -0.993. The van der Waals surface area contributed by atoms with E-state index in [1.807, 2.05) is 18.4 Å². The van der Waals surface area contributed by atoms with Crippen LogP contribution in [0.4, 0.5) is 0 Å².